The maximum atomic E-state index is 13.3. The van der Waals surface area contributed by atoms with Gasteiger partial charge in [0.15, 0.2) is 0 Å². The summed E-state index contributed by atoms with van der Waals surface area (Å²) in [4.78, 5) is 3.84. The number of aromatic amines is 1. The highest BCUT2D eigenvalue weighted by Crippen LogP contribution is 2.26. The molecule has 0 amide bonds. The molecule has 7 heteroatoms. The summed E-state index contributed by atoms with van der Waals surface area (Å²) in [5.74, 6) is 0. The molecule has 2 atom stereocenters. The minimum Gasteiger partial charge on any atom is -0.303 e. The van der Waals surface area contributed by atoms with Crippen molar-refractivity contribution >= 4 is 0 Å². The lowest BCUT2D eigenvalue weighted by Gasteiger charge is -2.29. The molecule has 2 aromatic heterocycles. The first-order valence-electron chi connectivity index (χ1n) is 7.25. The maximum Gasteiger partial charge on any atom is 0.404 e. The van der Waals surface area contributed by atoms with Crippen molar-refractivity contribution in [1.82, 2.24) is 20.5 Å². The van der Waals surface area contributed by atoms with Crippen LogP contribution < -0.4 is 5.32 Å². The molecule has 0 radical (unpaired) electrons. The number of pyridine rings is 1. The van der Waals surface area contributed by atoms with E-state index in [-0.39, 0.29) is 12.5 Å². The molecule has 0 fully saturated rings. The van der Waals surface area contributed by atoms with E-state index < -0.39 is 12.2 Å². The van der Waals surface area contributed by atoms with Crippen LogP contribution in [0.4, 0.5) is 13.2 Å². The van der Waals surface area contributed by atoms with Crippen LogP contribution in [0.15, 0.2) is 30.7 Å². The minimum absolute atomic E-state index is 0.0826. The Balaban J connectivity index is 1.69. The SMILES string of the molecule is FC(F)(F)[C@@H](Cc1ccncc1)N[C@@H]1CCc2[nH]ncc2C1. The molecule has 0 unspecified atom stereocenters. The van der Waals surface area contributed by atoms with E-state index in [0.29, 0.717) is 18.4 Å². The van der Waals surface area contributed by atoms with Gasteiger partial charge in [0.25, 0.3) is 0 Å². The summed E-state index contributed by atoms with van der Waals surface area (Å²) in [6.45, 7) is 0. The maximum absolute atomic E-state index is 13.3. The van der Waals surface area contributed by atoms with Gasteiger partial charge in [0.05, 0.1) is 6.20 Å². The lowest BCUT2D eigenvalue weighted by atomic mass is 9.92. The van der Waals surface area contributed by atoms with Gasteiger partial charge in [0, 0.05) is 24.1 Å². The van der Waals surface area contributed by atoms with E-state index in [9.17, 15) is 13.2 Å². The predicted octanol–water partition coefficient (Wildman–Crippen LogP) is 2.43. The summed E-state index contributed by atoms with van der Waals surface area (Å²) in [6.07, 6.45) is 2.36. The molecule has 4 nitrogen and oxygen atoms in total. The smallest absolute Gasteiger partial charge is 0.303 e. The van der Waals surface area contributed by atoms with Crippen LogP contribution in [0.1, 0.15) is 23.2 Å². The number of alkyl halides is 3. The van der Waals surface area contributed by atoms with Crippen molar-refractivity contribution in [3.63, 3.8) is 0 Å². The van der Waals surface area contributed by atoms with E-state index in [2.05, 4.69) is 20.5 Å². The van der Waals surface area contributed by atoms with Crippen molar-refractivity contribution in [3.8, 4) is 0 Å². The Morgan fingerprint density at radius 3 is 2.82 bits per heavy atom. The number of halogens is 3. The number of fused-ring (bicyclic) bond motifs is 1. The van der Waals surface area contributed by atoms with Crippen LogP contribution in [0, 0.1) is 0 Å². The van der Waals surface area contributed by atoms with Crippen molar-refractivity contribution in [2.24, 2.45) is 0 Å². The van der Waals surface area contributed by atoms with Gasteiger partial charge in [-0.1, -0.05) is 0 Å². The largest absolute Gasteiger partial charge is 0.404 e. The Hall–Kier alpha value is -1.89. The fourth-order valence-corrected chi connectivity index (χ4v) is 2.87. The normalized spacial score (nSPS) is 19.7. The van der Waals surface area contributed by atoms with Crippen LogP contribution in [-0.4, -0.2) is 33.4 Å². The summed E-state index contributed by atoms with van der Waals surface area (Å²) in [5.41, 5.74) is 2.67. The van der Waals surface area contributed by atoms with E-state index in [4.69, 9.17) is 0 Å². The third-order valence-electron chi connectivity index (χ3n) is 4.04. The molecule has 0 bridgehead atoms. The zero-order valence-corrected chi connectivity index (χ0v) is 11.9. The standard InChI is InChI=1S/C15H17F3N4/c16-15(17,18)14(7-10-3-5-19-6-4-10)21-12-1-2-13-11(8-12)9-20-22-13/h3-6,9,12,14,21H,1-2,7-8H2,(H,20,22)/t12-,14-/m1/s1. The van der Waals surface area contributed by atoms with Gasteiger partial charge in [-0.2, -0.15) is 18.3 Å². The number of hydrogen-bond donors (Lipinski definition) is 2. The molecule has 2 heterocycles. The zero-order chi connectivity index (χ0) is 15.6. The lowest BCUT2D eigenvalue weighted by molar-refractivity contribution is -0.157. The molecular formula is C15H17F3N4. The Labute approximate surface area is 126 Å². The number of aromatic nitrogens is 3. The highest BCUT2D eigenvalue weighted by Gasteiger charge is 2.41. The topological polar surface area (TPSA) is 53.6 Å². The lowest BCUT2D eigenvalue weighted by Crippen LogP contribution is -2.50. The fourth-order valence-electron chi connectivity index (χ4n) is 2.87. The molecule has 0 aliphatic heterocycles. The van der Waals surface area contributed by atoms with E-state index >= 15 is 0 Å². The number of nitrogens with zero attached hydrogens (tertiary/aromatic N) is 2. The van der Waals surface area contributed by atoms with Gasteiger partial charge in [-0.25, -0.2) is 0 Å². The summed E-state index contributed by atoms with van der Waals surface area (Å²) < 4.78 is 39.9. The second-order valence-electron chi connectivity index (χ2n) is 5.63. The monoisotopic (exact) mass is 310 g/mol. The third-order valence-corrected chi connectivity index (χ3v) is 4.04. The number of H-pyrrole nitrogens is 1. The molecule has 0 saturated heterocycles. The fraction of sp³-hybridized carbons (Fsp3) is 0.467. The third kappa shape index (κ3) is 3.47. The molecule has 118 valence electrons. The minimum atomic E-state index is -4.28. The van der Waals surface area contributed by atoms with E-state index in [1.165, 1.54) is 12.4 Å². The van der Waals surface area contributed by atoms with Gasteiger partial charge < -0.3 is 5.32 Å². The van der Waals surface area contributed by atoms with Crippen LogP contribution in [-0.2, 0) is 19.3 Å². The zero-order valence-electron chi connectivity index (χ0n) is 11.9. The highest BCUT2D eigenvalue weighted by atomic mass is 19.4. The van der Waals surface area contributed by atoms with Crippen molar-refractivity contribution in [3.05, 3.63) is 47.5 Å². The average Bonchev–Trinajstić information content (AvgIpc) is 2.94. The van der Waals surface area contributed by atoms with Crippen molar-refractivity contribution in [2.75, 3.05) is 0 Å². The molecule has 1 aliphatic rings. The first-order chi connectivity index (χ1) is 10.5. The summed E-state index contributed by atoms with van der Waals surface area (Å²) in [7, 11) is 0. The van der Waals surface area contributed by atoms with Gasteiger partial charge in [-0.15, -0.1) is 0 Å². The van der Waals surface area contributed by atoms with E-state index in [1.807, 2.05) is 0 Å². The number of aryl methyl sites for hydroxylation is 1. The molecule has 22 heavy (non-hydrogen) atoms. The first kappa shape index (κ1) is 15.0. The summed E-state index contributed by atoms with van der Waals surface area (Å²) in [6, 6.07) is 1.51. The second kappa shape index (κ2) is 6.08. The van der Waals surface area contributed by atoms with Crippen LogP contribution in [0.5, 0.6) is 0 Å². The molecule has 3 rings (SSSR count). The molecule has 1 aliphatic carbocycles. The first-order valence-corrected chi connectivity index (χ1v) is 7.25. The molecular weight excluding hydrogens is 293 g/mol. The number of rotatable bonds is 4. The van der Waals surface area contributed by atoms with Gasteiger partial charge in [-0.05, 0) is 48.9 Å². The van der Waals surface area contributed by atoms with Gasteiger partial charge in [0.2, 0.25) is 0 Å². The highest BCUT2D eigenvalue weighted by molar-refractivity contribution is 5.21. The van der Waals surface area contributed by atoms with E-state index in [0.717, 1.165) is 17.7 Å². The average molecular weight is 310 g/mol. The molecule has 0 aromatic carbocycles. The Morgan fingerprint density at radius 2 is 2.09 bits per heavy atom. The quantitative estimate of drug-likeness (QED) is 0.912. The molecule has 2 N–H and O–H groups in total. The van der Waals surface area contributed by atoms with Crippen LogP contribution >= 0.6 is 0 Å². The van der Waals surface area contributed by atoms with Crippen molar-refractivity contribution < 1.29 is 13.2 Å². The van der Waals surface area contributed by atoms with Gasteiger partial charge in [-0.3, -0.25) is 10.1 Å². The van der Waals surface area contributed by atoms with Gasteiger partial charge in [0.1, 0.15) is 6.04 Å². The molecule has 2 aromatic rings. The van der Waals surface area contributed by atoms with Gasteiger partial charge >= 0.3 is 6.18 Å². The second-order valence-corrected chi connectivity index (χ2v) is 5.63. The van der Waals surface area contributed by atoms with Crippen LogP contribution in [0.25, 0.3) is 0 Å². The van der Waals surface area contributed by atoms with E-state index in [1.54, 1.807) is 18.3 Å². The molecule has 0 spiro atoms. The van der Waals surface area contributed by atoms with Crippen LogP contribution in [0.3, 0.4) is 0 Å². The Morgan fingerprint density at radius 1 is 1.32 bits per heavy atom. The summed E-state index contributed by atoms with van der Waals surface area (Å²) >= 11 is 0. The Bertz CT molecular complexity index is 609. The number of hydrogen-bond acceptors (Lipinski definition) is 3. The predicted molar refractivity (Wildman–Crippen MR) is 75.3 cm³/mol. The van der Waals surface area contributed by atoms with Crippen molar-refractivity contribution in [1.29, 1.82) is 0 Å². The van der Waals surface area contributed by atoms with Crippen LogP contribution in [0.2, 0.25) is 0 Å². The van der Waals surface area contributed by atoms with Crippen molar-refractivity contribution in [2.45, 2.75) is 43.9 Å². The Kier molecular flexibility index (Phi) is 4.15. The summed E-state index contributed by atoms with van der Waals surface area (Å²) in [5, 5.41) is 9.63. The molecule has 0 saturated carbocycles. The number of nitrogens with one attached hydrogen (secondary N) is 2.